The van der Waals surface area contributed by atoms with Crippen molar-refractivity contribution < 1.29 is 9.13 Å². The summed E-state index contributed by atoms with van der Waals surface area (Å²) in [5.41, 5.74) is 4.83. The van der Waals surface area contributed by atoms with Gasteiger partial charge >= 0.3 is 0 Å². The van der Waals surface area contributed by atoms with E-state index in [1.165, 1.54) is 11.8 Å². The van der Waals surface area contributed by atoms with E-state index in [0.717, 1.165) is 68.1 Å². The minimum Gasteiger partial charge on any atom is -0.473 e. The number of rotatable bonds is 9. The fraction of sp³-hybridized carbons (Fsp3) is 0.323. The van der Waals surface area contributed by atoms with Gasteiger partial charge in [0.2, 0.25) is 5.88 Å². The highest BCUT2D eigenvalue weighted by Gasteiger charge is 2.24. The number of aromatic nitrogens is 5. The molecule has 0 atom stereocenters. The zero-order valence-electron chi connectivity index (χ0n) is 22.5. The third-order valence-corrected chi connectivity index (χ3v) is 7.93. The first kappa shape index (κ1) is 26.5. The first-order chi connectivity index (χ1) is 19.6. The van der Waals surface area contributed by atoms with Crippen molar-refractivity contribution in [2.75, 3.05) is 13.1 Å². The third kappa shape index (κ3) is 5.74. The normalized spacial score (nSPS) is 14.7. The number of likely N-dealkylation sites (tertiary alicyclic amines) is 1. The summed E-state index contributed by atoms with van der Waals surface area (Å²) in [7, 11) is 0. The van der Waals surface area contributed by atoms with Gasteiger partial charge in [-0.05, 0) is 63.2 Å². The topological polar surface area (TPSA) is 61.0 Å². The van der Waals surface area contributed by atoms with Gasteiger partial charge in [-0.3, -0.25) is 4.90 Å². The first-order valence-corrected chi connectivity index (χ1v) is 14.1. The van der Waals surface area contributed by atoms with Crippen molar-refractivity contribution in [2.24, 2.45) is 0 Å². The third-order valence-electron chi connectivity index (χ3n) is 7.70. The van der Waals surface area contributed by atoms with Crippen LogP contribution in [-0.2, 0) is 26.2 Å². The number of fused-ring (bicyclic) bond motifs is 1. The number of nitrogens with zero attached hydrogens (tertiary/aromatic N) is 6. The maximum Gasteiger partial charge on any atom is 0.213 e. The van der Waals surface area contributed by atoms with Crippen LogP contribution in [-0.4, -0.2) is 42.1 Å². The highest BCUT2D eigenvalue weighted by Crippen LogP contribution is 2.29. The second-order valence-electron chi connectivity index (χ2n) is 10.2. The van der Waals surface area contributed by atoms with Gasteiger partial charge in [0, 0.05) is 41.0 Å². The van der Waals surface area contributed by atoms with E-state index < -0.39 is 0 Å². The molecule has 0 bridgehead atoms. The Labute approximate surface area is 238 Å². The summed E-state index contributed by atoms with van der Waals surface area (Å²) in [5, 5.41) is 0.369. The number of benzene rings is 2. The molecule has 0 aliphatic carbocycles. The van der Waals surface area contributed by atoms with Crippen LogP contribution >= 0.6 is 11.6 Å². The highest BCUT2D eigenvalue weighted by molar-refractivity contribution is 6.30. The predicted octanol–water partition coefficient (Wildman–Crippen LogP) is 6.45. The molecule has 1 fully saturated rings. The molecule has 0 spiro atoms. The van der Waals surface area contributed by atoms with Crippen molar-refractivity contribution in [1.82, 2.24) is 29.0 Å². The molecule has 206 valence electrons. The fourth-order valence-corrected chi connectivity index (χ4v) is 5.62. The largest absolute Gasteiger partial charge is 0.473 e. The smallest absolute Gasteiger partial charge is 0.213 e. The van der Waals surface area contributed by atoms with E-state index in [2.05, 4.69) is 50.2 Å². The van der Waals surface area contributed by atoms with E-state index in [1.807, 2.05) is 30.7 Å². The van der Waals surface area contributed by atoms with Crippen LogP contribution in [0.1, 0.15) is 48.5 Å². The second-order valence-corrected chi connectivity index (χ2v) is 10.7. The number of imidazole rings is 2. The lowest BCUT2D eigenvalue weighted by atomic mass is 9.93. The van der Waals surface area contributed by atoms with E-state index in [4.69, 9.17) is 26.3 Å². The molecule has 9 heteroatoms. The monoisotopic (exact) mass is 558 g/mol. The molecule has 1 aliphatic rings. The Morgan fingerprint density at radius 3 is 2.67 bits per heavy atom. The Hall–Kier alpha value is -3.75. The molecule has 1 aliphatic heterocycles. The van der Waals surface area contributed by atoms with Crippen molar-refractivity contribution in [3.63, 3.8) is 0 Å². The number of pyridine rings is 1. The summed E-state index contributed by atoms with van der Waals surface area (Å²) in [6, 6.07) is 18.8. The fourth-order valence-electron chi connectivity index (χ4n) is 5.46. The van der Waals surface area contributed by atoms with E-state index in [-0.39, 0.29) is 12.4 Å². The minimum atomic E-state index is -0.374. The van der Waals surface area contributed by atoms with Gasteiger partial charge in [-0.1, -0.05) is 35.9 Å². The van der Waals surface area contributed by atoms with Crippen LogP contribution < -0.4 is 4.74 Å². The maximum atomic E-state index is 14.1. The Kier molecular flexibility index (Phi) is 7.80. The molecule has 40 heavy (non-hydrogen) atoms. The average molecular weight is 559 g/mol. The SMILES string of the molecule is CCn1cncc1Cn1c(CN2CCC(c3cccc(OCc4ccc(Cl)cc4F)n3)CC2)nc2ccccc21. The quantitative estimate of drug-likeness (QED) is 0.208. The Balaban J connectivity index is 1.11. The molecule has 0 N–H and O–H groups in total. The number of ether oxygens (including phenoxy) is 1. The molecule has 0 amide bonds. The number of halogens is 2. The molecule has 3 aromatic heterocycles. The van der Waals surface area contributed by atoms with Crippen LogP contribution in [0.15, 0.2) is 73.2 Å². The minimum absolute atomic E-state index is 0.109. The van der Waals surface area contributed by atoms with Crippen LogP contribution in [0.5, 0.6) is 5.88 Å². The molecular formula is C31H32ClFN6O. The van der Waals surface area contributed by atoms with Crippen LogP contribution in [0.2, 0.25) is 5.02 Å². The standard InChI is InChI=1S/C31H32ClFN6O/c1-2-38-21-34-17-25(38)18-39-29-8-4-3-6-28(29)35-30(39)19-37-14-12-22(13-15-37)27-7-5-9-31(36-27)40-20-23-10-11-24(32)16-26(23)33/h3-11,16-17,21-22H,2,12-15,18-20H2,1H3. The summed E-state index contributed by atoms with van der Waals surface area (Å²) in [6.45, 7) is 6.61. The van der Waals surface area contributed by atoms with E-state index in [1.54, 1.807) is 12.1 Å². The molecule has 0 radical (unpaired) electrons. The van der Waals surface area contributed by atoms with Crippen molar-refractivity contribution in [3.05, 3.63) is 107 Å². The summed E-state index contributed by atoms with van der Waals surface area (Å²) < 4.78 is 24.5. The van der Waals surface area contributed by atoms with Crippen LogP contribution in [0.25, 0.3) is 11.0 Å². The van der Waals surface area contributed by atoms with Gasteiger partial charge < -0.3 is 13.9 Å². The Morgan fingerprint density at radius 1 is 1.00 bits per heavy atom. The number of aryl methyl sites for hydroxylation is 1. The lowest BCUT2D eigenvalue weighted by Gasteiger charge is -2.31. The molecule has 4 heterocycles. The molecule has 5 aromatic rings. The van der Waals surface area contributed by atoms with Crippen LogP contribution in [0, 0.1) is 5.82 Å². The van der Waals surface area contributed by atoms with Crippen molar-refractivity contribution in [1.29, 1.82) is 0 Å². The zero-order valence-corrected chi connectivity index (χ0v) is 23.3. The lowest BCUT2D eigenvalue weighted by molar-refractivity contribution is 0.196. The predicted molar refractivity (Wildman–Crippen MR) is 154 cm³/mol. The maximum absolute atomic E-state index is 14.1. The molecule has 0 unspecified atom stereocenters. The molecular weight excluding hydrogens is 527 g/mol. The number of hydrogen-bond donors (Lipinski definition) is 0. The van der Waals surface area contributed by atoms with Crippen LogP contribution in [0.3, 0.4) is 0 Å². The number of hydrogen-bond acceptors (Lipinski definition) is 5. The molecule has 2 aromatic carbocycles. The van der Waals surface area contributed by atoms with Gasteiger partial charge in [0.15, 0.2) is 0 Å². The van der Waals surface area contributed by atoms with E-state index in [9.17, 15) is 4.39 Å². The lowest BCUT2D eigenvalue weighted by Crippen LogP contribution is -2.33. The van der Waals surface area contributed by atoms with Crippen molar-refractivity contribution >= 4 is 22.6 Å². The van der Waals surface area contributed by atoms with Gasteiger partial charge in [0.05, 0.1) is 36.1 Å². The average Bonchev–Trinajstić information content (AvgIpc) is 3.57. The summed E-state index contributed by atoms with van der Waals surface area (Å²) in [6.07, 6.45) is 5.85. The van der Waals surface area contributed by atoms with Gasteiger partial charge in [-0.15, -0.1) is 0 Å². The molecule has 7 nitrogen and oxygen atoms in total. The van der Waals surface area contributed by atoms with Gasteiger partial charge in [-0.25, -0.2) is 19.3 Å². The van der Waals surface area contributed by atoms with Crippen LogP contribution in [0.4, 0.5) is 4.39 Å². The van der Waals surface area contributed by atoms with Crippen molar-refractivity contribution in [3.8, 4) is 5.88 Å². The molecule has 0 saturated carbocycles. The highest BCUT2D eigenvalue weighted by atomic mass is 35.5. The molecule has 1 saturated heterocycles. The Bertz CT molecular complexity index is 1610. The van der Waals surface area contributed by atoms with E-state index >= 15 is 0 Å². The first-order valence-electron chi connectivity index (χ1n) is 13.8. The summed E-state index contributed by atoms with van der Waals surface area (Å²) in [4.78, 5) is 16.6. The summed E-state index contributed by atoms with van der Waals surface area (Å²) >= 11 is 5.86. The van der Waals surface area contributed by atoms with Gasteiger partial charge in [0.1, 0.15) is 18.2 Å². The van der Waals surface area contributed by atoms with E-state index in [0.29, 0.717) is 22.4 Å². The van der Waals surface area contributed by atoms with Crippen molar-refractivity contribution in [2.45, 2.75) is 51.9 Å². The number of piperidine rings is 1. The molecule has 6 rings (SSSR count). The second kappa shape index (κ2) is 11.8. The Morgan fingerprint density at radius 2 is 1.85 bits per heavy atom. The number of para-hydroxylation sites is 2. The van der Waals surface area contributed by atoms with Gasteiger partial charge in [-0.2, -0.15) is 0 Å². The summed E-state index contributed by atoms with van der Waals surface area (Å²) in [5.74, 6) is 1.56. The zero-order chi connectivity index (χ0) is 27.5. The van der Waals surface area contributed by atoms with Gasteiger partial charge in [0.25, 0.3) is 0 Å².